The van der Waals surface area contributed by atoms with Gasteiger partial charge in [-0.25, -0.2) is 4.98 Å². The Labute approximate surface area is 160 Å². The highest BCUT2D eigenvalue weighted by atomic mass is 16.1. The van der Waals surface area contributed by atoms with Gasteiger partial charge < -0.3 is 15.5 Å². The molecule has 138 valence electrons. The third kappa shape index (κ3) is 4.44. The topological polar surface area (TPSA) is 57.3 Å². The van der Waals surface area contributed by atoms with Crippen LogP contribution in [0.3, 0.4) is 0 Å². The quantitative estimate of drug-likeness (QED) is 0.689. The maximum Gasteiger partial charge on any atom is 0.274 e. The smallest absolute Gasteiger partial charge is 0.274 e. The van der Waals surface area contributed by atoms with Gasteiger partial charge in [-0.1, -0.05) is 12.1 Å². The van der Waals surface area contributed by atoms with Gasteiger partial charge in [0, 0.05) is 31.2 Å². The van der Waals surface area contributed by atoms with Crippen molar-refractivity contribution in [3.63, 3.8) is 0 Å². The largest absolute Gasteiger partial charge is 0.378 e. The fourth-order valence-electron chi connectivity index (χ4n) is 2.68. The van der Waals surface area contributed by atoms with Crippen LogP contribution in [0.1, 0.15) is 21.6 Å². The van der Waals surface area contributed by atoms with Crippen molar-refractivity contribution in [3.8, 4) is 0 Å². The maximum absolute atomic E-state index is 12.4. The van der Waals surface area contributed by atoms with Crippen molar-refractivity contribution in [2.24, 2.45) is 0 Å². The summed E-state index contributed by atoms with van der Waals surface area (Å²) in [6, 6.07) is 17.5. The first kappa shape index (κ1) is 18.5. The molecule has 0 unspecified atom stereocenters. The Kier molecular flexibility index (Phi) is 5.41. The van der Waals surface area contributed by atoms with Gasteiger partial charge in [0.2, 0.25) is 0 Å². The van der Waals surface area contributed by atoms with Gasteiger partial charge in [0.25, 0.3) is 5.91 Å². The standard InChI is InChI=1S/C22H24N4O/c1-15-6-5-7-20(16(15)2)25-22(27)21-13-10-18(14-23-21)24-17-8-11-19(12-9-17)26(3)4/h5-14,24H,1-4H3,(H,25,27). The number of pyridine rings is 1. The number of carbonyl (C=O) groups excluding carboxylic acids is 1. The minimum atomic E-state index is -0.217. The third-order valence-electron chi connectivity index (χ3n) is 4.52. The van der Waals surface area contributed by atoms with Crippen LogP contribution in [-0.4, -0.2) is 25.0 Å². The summed E-state index contributed by atoms with van der Waals surface area (Å²) in [6.45, 7) is 4.02. The van der Waals surface area contributed by atoms with E-state index in [1.54, 1.807) is 12.3 Å². The molecule has 0 radical (unpaired) electrons. The molecule has 3 rings (SSSR count). The molecule has 0 saturated carbocycles. The number of hydrogen-bond donors (Lipinski definition) is 2. The van der Waals surface area contributed by atoms with Crippen molar-refractivity contribution in [2.45, 2.75) is 13.8 Å². The highest BCUT2D eigenvalue weighted by molar-refractivity contribution is 6.03. The lowest BCUT2D eigenvalue weighted by Crippen LogP contribution is -2.14. The van der Waals surface area contributed by atoms with Gasteiger partial charge in [0.15, 0.2) is 0 Å². The molecule has 1 amide bonds. The van der Waals surface area contributed by atoms with Crippen LogP contribution < -0.4 is 15.5 Å². The van der Waals surface area contributed by atoms with E-state index in [1.165, 1.54) is 0 Å². The summed E-state index contributed by atoms with van der Waals surface area (Å²) in [6.07, 6.45) is 1.66. The average molecular weight is 360 g/mol. The van der Waals surface area contributed by atoms with Crippen LogP contribution in [0.5, 0.6) is 0 Å². The van der Waals surface area contributed by atoms with Crippen LogP contribution in [0.15, 0.2) is 60.8 Å². The van der Waals surface area contributed by atoms with Crippen LogP contribution in [0.2, 0.25) is 0 Å². The summed E-state index contributed by atoms with van der Waals surface area (Å²) in [5.41, 5.74) is 6.32. The Morgan fingerprint density at radius 1 is 0.926 bits per heavy atom. The molecule has 0 spiro atoms. The Balaban J connectivity index is 1.67. The summed E-state index contributed by atoms with van der Waals surface area (Å²) in [5.74, 6) is -0.217. The van der Waals surface area contributed by atoms with E-state index >= 15 is 0 Å². The van der Waals surface area contributed by atoms with Crippen molar-refractivity contribution in [1.29, 1.82) is 0 Å². The maximum atomic E-state index is 12.4. The molecule has 0 aliphatic heterocycles. The number of rotatable bonds is 5. The first-order valence-corrected chi connectivity index (χ1v) is 8.82. The van der Waals surface area contributed by atoms with Crippen LogP contribution in [0.4, 0.5) is 22.7 Å². The van der Waals surface area contributed by atoms with Crippen molar-refractivity contribution < 1.29 is 4.79 Å². The lowest BCUT2D eigenvalue weighted by Gasteiger charge is -2.13. The van der Waals surface area contributed by atoms with E-state index in [4.69, 9.17) is 0 Å². The van der Waals surface area contributed by atoms with Crippen molar-refractivity contribution in [2.75, 3.05) is 29.6 Å². The van der Waals surface area contributed by atoms with Crippen LogP contribution >= 0.6 is 0 Å². The second-order valence-corrected chi connectivity index (χ2v) is 6.70. The molecule has 0 aliphatic rings. The van der Waals surface area contributed by atoms with E-state index < -0.39 is 0 Å². The molecule has 5 heteroatoms. The normalized spacial score (nSPS) is 10.4. The molecule has 3 aromatic rings. The third-order valence-corrected chi connectivity index (χ3v) is 4.52. The van der Waals surface area contributed by atoms with E-state index in [-0.39, 0.29) is 5.91 Å². The van der Waals surface area contributed by atoms with E-state index in [0.29, 0.717) is 5.69 Å². The SMILES string of the molecule is Cc1cccc(NC(=O)c2ccc(Nc3ccc(N(C)C)cc3)cn2)c1C. The van der Waals surface area contributed by atoms with E-state index in [1.807, 2.05) is 76.5 Å². The molecular formula is C22H24N4O. The zero-order chi connectivity index (χ0) is 19.4. The molecule has 1 aromatic heterocycles. The Morgan fingerprint density at radius 2 is 1.63 bits per heavy atom. The summed E-state index contributed by atoms with van der Waals surface area (Å²) in [4.78, 5) is 18.8. The van der Waals surface area contributed by atoms with Gasteiger partial charge in [-0.2, -0.15) is 0 Å². The molecule has 0 atom stereocenters. The second kappa shape index (κ2) is 7.91. The number of carbonyl (C=O) groups is 1. The summed E-state index contributed by atoms with van der Waals surface area (Å²) >= 11 is 0. The highest BCUT2D eigenvalue weighted by Gasteiger charge is 2.10. The van der Waals surface area contributed by atoms with Crippen LogP contribution in [-0.2, 0) is 0 Å². The minimum absolute atomic E-state index is 0.217. The predicted octanol–water partition coefficient (Wildman–Crippen LogP) is 4.76. The fourth-order valence-corrected chi connectivity index (χ4v) is 2.68. The molecule has 0 fully saturated rings. The number of nitrogens with one attached hydrogen (secondary N) is 2. The number of nitrogens with zero attached hydrogens (tertiary/aromatic N) is 2. The summed E-state index contributed by atoms with van der Waals surface area (Å²) < 4.78 is 0. The molecule has 2 aromatic carbocycles. The first-order valence-electron chi connectivity index (χ1n) is 8.82. The predicted molar refractivity (Wildman–Crippen MR) is 112 cm³/mol. The van der Waals surface area contributed by atoms with Crippen LogP contribution in [0, 0.1) is 13.8 Å². The van der Waals surface area contributed by atoms with Gasteiger partial charge in [-0.15, -0.1) is 0 Å². The molecule has 27 heavy (non-hydrogen) atoms. The molecular weight excluding hydrogens is 336 g/mol. The molecule has 5 nitrogen and oxygen atoms in total. The lowest BCUT2D eigenvalue weighted by atomic mass is 10.1. The highest BCUT2D eigenvalue weighted by Crippen LogP contribution is 2.21. The van der Waals surface area contributed by atoms with Gasteiger partial charge in [0.05, 0.1) is 11.9 Å². The number of hydrogen-bond acceptors (Lipinski definition) is 4. The molecule has 1 heterocycles. The average Bonchev–Trinajstić information content (AvgIpc) is 2.66. The lowest BCUT2D eigenvalue weighted by molar-refractivity contribution is 0.102. The van der Waals surface area contributed by atoms with Gasteiger partial charge in [-0.3, -0.25) is 4.79 Å². The van der Waals surface area contributed by atoms with Gasteiger partial charge >= 0.3 is 0 Å². The second-order valence-electron chi connectivity index (χ2n) is 6.70. The Hall–Kier alpha value is -3.34. The summed E-state index contributed by atoms with van der Waals surface area (Å²) in [7, 11) is 4.02. The van der Waals surface area contributed by atoms with Gasteiger partial charge in [-0.05, 0) is 67.4 Å². The Morgan fingerprint density at radius 3 is 2.26 bits per heavy atom. The minimum Gasteiger partial charge on any atom is -0.378 e. The molecule has 0 bridgehead atoms. The van der Waals surface area contributed by atoms with Crippen molar-refractivity contribution in [1.82, 2.24) is 4.98 Å². The number of amides is 1. The molecule has 2 N–H and O–H groups in total. The first-order chi connectivity index (χ1) is 12.9. The number of aryl methyl sites for hydroxylation is 1. The van der Waals surface area contributed by atoms with Crippen molar-refractivity contribution >= 4 is 28.7 Å². The number of aromatic nitrogens is 1. The fraction of sp³-hybridized carbons (Fsp3) is 0.182. The number of anilines is 4. The van der Waals surface area contributed by atoms with Gasteiger partial charge in [0.1, 0.15) is 5.69 Å². The zero-order valence-electron chi connectivity index (χ0n) is 16.1. The van der Waals surface area contributed by atoms with E-state index in [0.717, 1.165) is 33.9 Å². The molecule has 0 aliphatic carbocycles. The van der Waals surface area contributed by atoms with Crippen LogP contribution in [0.25, 0.3) is 0 Å². The molecule has 0 saturated heterocycles. The van der Waals surface area contributed by atoms with E-state index in [9.17, 15) is 4.79 Å². The number of benzene rings is 2. The Bertz CT molecular complexity index is 932. The monoisotopic (exact) mass is 360 g/mol. The van der Waals surface area contributed by atoms with E-state index in [2.05, 4.69) is 20.5 Å². The summed E-state index contributed by atoms with van der Waals surface area (Å²) in [5, 5.41) is 6.22. The zero-order valence-corrected chi connectivity index (χ0v) is 16.1. The van der Waals surface area contributed by atoms with Crippen molar-refractivity contribution in [3.05, 3.63) is 77.6 Å².